The standard InChI is InChI=1S/C12H19N3/c1-6(2)10-8(4)14-12(15-11(10)13)9-5-7(9)3/h6-7,9H,5H2,1-4H3,(H2,13,14,15). The molecule has 2 unspecified atom stereocenters. The molecule has 0 radical (unpaired) electrons. The molecule has 1 aromatic rings. The lowest BCUT2D eigenvalue weighted by molar-refractivity contribution is 0.790. The van der Waals surface area contributed by atoms with E-state index in [1.165, 1.54) is 6.42 Å². The second kappa shape index (κ2) is 3.47. The van der Waals surface area contributed by atoms with Gasteiger partial charge in [-0.05, 0) is 25.2 Å². The zero-order valence-electron chi connectivity index (χ0n) is 9.91. The Morgan fingerprint density at radius 3 is 2.33 bits per heavy atom. The number of hydrogen-bond donors (Lipinski definition) is 1. The lowest BCUT2D eigenvalue weighted by Gasteiger charge is -2.12. The number of aryl methyl sites for hydroxylation is 1. The van der Waals surface area contributed by atoms with Gasteiger partial charge in [0.05, 0.1) is 0 Å². The van der Waals surface area contributed by atoms with Crippen LogP contribution in [-0.2, 0) is 0 Å². The van der Waals surface area contributed by atoms with Crippen LogP contribution in [0.15, 0.2) is 0 Å². The van der Waals surface area contributed by atoms with E-state index < -0.39 is 0 Å². The molecule has 3 nitrogen and oxygen atoms in total. The van der Waals surface area contributed by atoms with Crippen molar-refractivity contribution >= 4 is 5.82 Å². The molecule has 15 heavy (non-hydrogen) atoms. The lowest BCUT2D eigenvalue weighted by Crippen LogP contribution is -2.08. The van der Waals surface area contributed by atoms with Crippen LogP contribution in [0.25, 0.3) is 0 Å². The maximum absolute atomic E-state index is 5.98. The average molecular weight is 205 g/mol. The summed E-state index contributed by atoms with van der Waals surface area (Å²) in [4.78, 5) is 9.01. The van der Waals surface area contributed by atoms with E-state index in [9.17, 15) is 0 Å². The highest BCUT2D eigenvalue weighted by atomic mass is 15.0. The number of anilines is 1. The summed E-state index contributed by atoms with van der Waals surface area (Å²) in [6.07, 6.45) is 1.21. The minimum absolute atomic E-state index is 0.399. The number of rotatable bonds is 2. The molecule has 82 valence electrons. The van der Waals surface area contributed by atoms with Crippen molar-refractivity contribution in [2.45, 2.75) is 46.0 Å². The first-order chi connectivity index (χ1) is 7.00. The molecule has 1 aromatic heterocycles. The van der Waals surface area contributed by atoms with Crippen LogP contribution in [-0.4, -0.2) is 9.97 Å². The topological polar surface area (TPSA) is 51.8 Å². The summed E-state index contributed by atoms with van der Waals surface area (Å²) in [6.45, 7) is 8.52. The summed E-state index contributed by atoms with van der Waals surface area (Å²) < 4.78 is 0. The van der Waals surface area contributed by atoms with E-state index in [2.05, 4.69) is 30.7 Å². The number of nitrogen functional groups attached to an aromatic ring is 1. The van der Waals surface area contributed by atoms with Gasteiger partial charge in [-0.25, -0.2) is 9.97 Å². The maximum Gasteiger partial charge on any atom is 0.134 e. The Hall–Kier alpha value is -1.12. The fourth-order valence-corrected chi connectivity index (χ4v) is 2.19. The van der Waals surface area contributed by atoms with Gasteiger partial charge in [-0.3, -0.25) is 0 Å². The Labute approximate surface area is 91.1 Å². The van der Waals surface area contributed by atoms with Crippen LogP contribution >= 0.6 is 0 Å². The van der Waals surface area contributed by atoms with Crippen molar-refractivity contribution in [2.75, 3.05) is 5.73 Å². The summed E-state index contributed by atoms with van der Waals surface area (Å²) in [7, 11) is 0. The van der Waals surface area contributed by atoms with Crippen LogP contribution in [0.3, 0.4) is 0 Å². The molecule has 0 bridgehead atoms. The predicted molar refractivity (Wildman–Crippen MR) is 61.8 cm³/mol. The Morgan fingerprint density at radius 2 is 1.93 bits per heavy atom. The van der Waals surface area contributed by atoms with E-state index in [4.69, 9.17) is 5.73 Å². The molecule has 2 rings (SSSR count). The fourth-order valence-electron chi connectivity index (χ4n) is 2.19. The summed E-state index contributed by atoms with van der Waals surface area (Å²) >= 11 is 0. The molecule has 2 atom stereocenters. The van der Waals surface area contributed by atoms with E-state index in [1.54, 1.807) is 0 Å². The zero-order chi connectivity index (χ0) is 11.2. The van der Waals surface area contributed by atoms with Gasteiger partial charge in [0, 0.05) is 17.2 Å². The first-order valence-corrected chi connectivity index (χ1v) is 5.64. The molecule has 0 spiro atoms. The Kier molecular flexibility index (Phi) is 2.41. The molecule has 0 aromatic carbocycles. The molecular formula is C12H19N3. The molecule has 0 aliphatic heterocycles. The van der Waals surface area contributed by atoms with Crippen molar-refractivity contribution in [3.05, 3.63) is 17.1 Å². The second-order valence-corrected chi connectivity index (χ2v) is 4.94. The monoisotopic (exact) mass is 205 g/mol. The quantitative estimate of drug-likeness (QED) is 0.807. The molecular weight excluding hydrogens is 186 g/mol. The summed E-state index contributed by atoms with van der Waals surface area (Å²) in [5.41, 5.74) is 8.13. The number of hydrogen-bond acceptors (Lipinski definition) is 3. The third-order valence-electron chi connectivity index (χ3n) is 3.20. The smallest absolute Gasteiger partial charge is 0.134 e. The van der Waals surface area contributed by atoms with E-state index in [0.29, 0.717) is 17.7 Å². The number of nitrogens with zero attached hydrogens (tertiary/aromatic N) is 2. The third kappa shape index (κ3) is 1.83. The fraction of sp³-hybridized carbons (Fsp3) is 0.667. The van der Waals surface area contributed by atoms with Crippen molar-refractivity contribution in [2.24, 2.45) is 5.92 Å². The van der Waals surface area contributed by atoms with Crippen LogP contribution in [0.5, 0.6) is 0 Å². The van der Waals surface area contributed by atoms with Gasteiger partial charge in [-0.2, -0.15) is 0 Å². The van der Waals surface area contributed by atoms with Gasteiger partial charge in [-0.15, -0.1) is 0 Å². The van der Waals surface area contributed by atoms with Gasteiger partial charge < -0.3 is 5.73 Å². The van der Waals surface area contributed by atoms with Crippen molar-refractivity contribution in [1.29, 1.82) is 0 Å². The van der Waals surface area contributed by atoms with Crippen LogP contribution < -0.4 is 5.73 Å². The van der Waals surface area contributed by atoms with Crippen LogP contribution in [0.2, 0.25) is 0 Å². The maximum atomic E-state index is 5.98. The van der Waals surface area contributed by atoms with Crippen molar-refractivity contribution in [3.63, 3.8) is 0 Å². The number of nitrogens with two attached hydrogens (primary N) is 1. The first kappa shape index (κ1) is 10.4. The van der Waals surface area contributed by atoms with Gasteiger partial charge in [0.25, 0.3) is 0 Å². The Balaban J connectivity index is 2.39. The highest BCUT2D eigenvalue weighted by Gasteiger charge is 2.37. The summed E-state index contributed by atoms with van der Waals surface area (Å²) in [6, 6.07) is 0. The molecule has 2 N–H and O–H groups in total. The molecule has 1 saturated carbocycles. The molecule has 0 saturated heterocycles. The predicted octanol–water partition coefficient (Wildman–Crippen LogP) is 2.61. The SMILES string of the molecule is Cc1nc(C2CC2C)nc(N)c1C(C)C. The van der Waals surface area contributed by atoms with E-state index in [1.807, 2.05) is 6.92 Å². The van der Waals surface area contributed by atoms with Gasteiger partial charge in [0.15, 0.2) is 0 Å². The van der Waals surface area contributed by atoms with Crippen molar-refractivity contribution in [1.82, 2.24) is 9.97 Å². The van der Waals surface area contributed by atoms with Crippen molar-refractivity contribution in [3.8, 4) is 0 Å². The number of aromatic nitrogens is 2. The van der Waals surface area contributed by atoms with Gasteiger partial charge in [0.2, 0.25) is 0 Å². The average Bonchev–Trinajstić information content (AvgIpc) is 2.80. The van der Waals surface area contributed by atoms with Crippen LogP contribution in [0.4, 0.5) is 5.82 Å². The summed E-state index contributed by atoms with van der Waals surface area (Å²) in [5.74, 6) is 3.30. The van der Waals surface area contributed by atoms with Crippen LogP contribution in [0, 0.1) is 12.8 Å². The summed E-state index contributed by atoms with van der Waals surface area (Å²) in [5, 5.41) is 0. The zero-order valence-corrected chi connectivity index (χ0v) is 9.91. The lowest BCUT2D eigenvalue weighted by atomic mass is 10.0. The molecule has 1 aliphatic rings. The van der Waals surface area contributed by atoms with Crippen LogP contribution in [0.1, 0.15) is 56.1 Å². The molecule has 1 fully saturated rings. The minimum Gasteiger partial charge on any atom is -0.383 e. The normalized spacial score (nSPS) is 24.6. The van der Waals surface area contributed by atoms with Gasteiger partial charge in [-0.1, -0.05) is 20.8 Å². The Bertz CT molecular complexity index is 361. The van der Waals surface area contributed by atoms with E-state index in [-0.39, 0.29) is 0 Å². The molecule has 1 heterocycles. The highest BCUT2D eigenvalue weighted by Crippen LogP contribution is 2.45. The highest BCUT2D eigenvalue weighted by molar-refractivity contribution is 5.44. The van der Waals surface area contributed by atoms with Gasteiger partial charge in [0.1, 0.15) is 11.6 Å². The minimum atomic E-state index is 0.399. The van der Waals surface area contributed by atoms with Gasteiger partial charge >= 0.3 is 0 Å². The van der Waals surface area contributed by atoms with E-state index >= 15 is 0 Å². The largest absolute Gasteiger partial charge is 0.383 e. The second-order valence-electron chi connectivity index (χ2n) is 4.94. The third-order valence-corrected chi connectivity index (χ3v) is 3.20. The molecule has 0 amide bonds. The van der Waals surface area contributed by atoms with Crippen molar-refractivity contribution < 1.29 is 0 Å². The molecule has 1 aliphatic carbocycles. The molecule has 3 heteroatoms. The first-order valence-electron chi connectivity index (χ1n) is 5.64. The Morgan fingerprint density at radius 1 is 1.33 bits per heavy atom. The van der Waals surface area contributed by atoms with E-state index in [0.717, 1.165) is 23.0 Å².